The molecule has 9 heteroatoms. The van der Waals surface area contributed by atoms with Crippen LogP contribution < -0.4 is 0 Å². The van der Waals surface area contributed by atoms with Crippen molar-refractivity contribution in [2.75, 3.05) is 39.3 Å². The van der Waals surface area contributed by atoms with Gasteiger partial charge >= 0.3 is 5.97 Å². The molecule has 0 bridgehead atoms. The van der Waals surface area contributed by atoms with Gasteiger partial charge in [0.25, 0.3) is 0 Å². The third-order valence-electron chi connectivity index (χ3n) is 6.56. The number of hydrogen-bond acceptors (Lipinski definition) is 9. The molecule has 9 nitrogen and oxygen atoms in total. The van der Waals surface area contributed by atoms with E-state index in [4.69, 9.17) is 9.37 Å². The Balaban J connectivity index is 1.15. The average Bonchev–Trinajstić information content (AvgIpc) is 3.42. The van der Waals surface area contributed by atoms with E-state index in [9.17, 15) is 15.0 Å². The Kier molecular flexibility index (Phi) is 5.64. The number of fused-ring (bicyclic) bond motifs is 2. The maximum absolute atomic E-state index is 11.7. The maximum atomic E-state index is 11.7. The Morgan fingerprint density at radius 1 is 0.969 bits per heavy atom. The normalized spacial score (nSPS) is 19.2. The van der Waals surface area contributed by atoms with E-state index in [0.29, 0.717) is 29.7 Å². The third-order valence-corrected chi connectivity index (χ3v) is 6.56. The molecule has 2 aromatic carbocycles. The fourth-order valence-electron chi connectivity index (χ4n) is 4.58. The van der Waals surface area contributed by atoms with Crippen LogP contribution in [-0.4, -0.2) is 75.6 Å². The molecule has 0 radical (unpaired) electrons. The first kappa shape index (κ1) is 21.0. The number of aliphatic hydroxyl groups is 2. The zero-order valence-electron chi connectivity index (χ0n) is 17.9. The summed E-state index contributed by atoms with van der Waals surface area (Å²) in [5.41, 5.74) is 5.36. The number of piperazine rings is 1. The molecule has 32 heavy (non-hydrogen) atoms. The number of hydrogen-bond donors (Lipinski definition) is 2. The molecule has 3 heterocycles. The highest BCUT2D eigenvalue weighted by Crippen LogP contribution is 2.29. The number of esters is 1. The van der Waals surface area contributed by atoms with Crippen LogP contribution in [0, 0.1) is 6.92 Å². The molecule has 0 spiro atoms. The number of β-amino-alcohol motifs (C(OH)–C–C–N with tert-alkyl or cyclic N) is 2. The molecular formula is C23H26N4O5. The van der Waals surface area contributed by atoms with E-state index in [2.05, 4.69) is 20.1 Å². The Bertz CT molecular complexity index is 1140. The molecule has 2 aliphatic heterocycles. The lowest BCUT2D eigenvalue weighted by Crippen LogP contribution is -2.48. The molecule has 1 fully saturated rings. The van der Waals surface area contributed by atoms with Crippen LogP contribution in [0.4, 0.5) is 0 Å². The molecule has 0 aliphatic carbocycles. The van der Waals surface area contributed by atoms with Crippen molar-refractivity contribution in [3.63, 3.8) is 0 Å². The number of rotatable bonds is 6. The van der Waals surface area contributed by atoms with E-state index >= 15 is 0 Å². The maximum Gasteiger partial charge on any atom is 0.338 e. The lowest BCUT2D eigenvalue weighted by Gasteiger charge is -2.36. The number of cyclic esters (lactones) is 1. The summed E-state index contributed by atoms with van der Waals surface area (Å²) < 4.78 is 9.83. The van der Waals surface area contributed by atoms with Crippen molar-refractivity contribution >= 4 is 17.0 Å². The first-order valence-electron chi connectivity index (χ1n) is 10.8. The van der Waals surface area contributed by atoms with Crippen LogP contribution >= 0.6 is 0 Å². The van der Waals surface area contributed by atoms with Crippen LogP contribution in [0.25, 0.3) is 11.0 Å². The Morgan fingerprint density at radius 2 is 1.66 bits per heavy atom. The average molecular weight is 438 g/mol. The van der Waals surface area contributed by atoms with Crippen molar-refractivity contribution in [3.8, 4) is 0 Å². The second-order valence-corrected chi connectivity index (χ2v) is 8.53. The number of aromatic nitrogens is 2. The minimum atomic E-state index is -0.629. The summed E-state index contributed by atoms with van der Waals surface area (Å²) >= 11 is 0. The minimum Gasteiger partial charge on any atom is -0.457 e. The van der Waals surface area contributed by atoms with Crippen molar-refractivity contribution in [3.05, 3.63) is 58.1 Å². The lowest BCUT2D eigenvalue weighted by atomic mass is 9.95. The summed E-state index contributed by atoms with van der Waals surface area (Å²) in [6.45, 7) is 6.51. The number of carbonyl (C=O) groups excluding carboxylic acids is 1. The Hall–Kier alpha value is -2.85. The summed E-state index contributed by atoms with van der Waals surface area (Å²) in [4.78, 5) is 16.2. The molecule has 5 rings (SSSR count). The molecule has 0 unspecified atom stereocenters. The molecule has 2 aliphatic rings. The molecule has 2 N–H and O–H groups in total. The molecule has 0 saturated carbocycles. The van der Waals surface area contributed by atoms with Gasteiger partial charge in [-0.2, -0.15) is 0 Å². The van der Waals surface area contributed by atoms with Crippen molar-refractivity contribution in [2.45, 2.75) is 25.7 Å². The van der Waals surface area contributed by atoms with E-state index in [0.717, 1.165) is 48.4 Å². The zero-order valence-corrected chi connectivity index (χ0v) is 17.9. The van der Waals surface area contributed by atoms with Gasteiger partial charge in [-0.15, -0.1) is 0 Å². The predicted octanol–water partition coefficient (Wildman–Crippen LogP) is 1.59. The molecule has 2 atom stereocenters. The predicted molar refractivity (Wildman–Crippen MR) is 115 cm³/mol. The van der Waals surface area contributed by atoms with Gasteiger partial charge in [-0.25, -0.2) is 9.42 Å². The molecule has 1 aromatic heterocycles. The highest BCUT2D eigenvalue weighted by atomic mass is 16.6. The van der Waals surface area contributed by atoms with Gasteiger partial charge in [0.15, 0.2) is 0 Å². The highest BCUT2D eigenvalue weighted by molar-refractivity contribution is 5.93. The lowest BCUT2D eigenvalue weighted by molar-refractivity contribution is 0.0481. The van der Waals surface area contributed by atoms with Crippen molar-refractivity contribution < 1.29 is 24.4 Å². The van der Waals surface area contributed by atoms with Crippen LogP contribution in [0.2, 0.25) is 0 Å². The second-order valence-electron chi connectivity index (χ2n) is 8.53. The fourth-order valence-corrected chi connectivity index (χ4v) is 4.58. The van der Waals surface area contributed by atoms with Gasteiger partial charge in [0.2, 0.25) is 0 Å². The van der Waals surface area contributed by atoms with Crippen LogP contribution in [0.5, 0.6) is 0 Å². The summed E-state index contributed by atoms with van der Waals surface area (Å²) in [6, 6.07) is 9.04. The quantitative estimate of drug-likeness (QED) is 0.554. The van der Waals surface area contributed by atoms with Crippen molar-refractivity contribution in [1.29, 1.82) is 0 Å². The van der Waals surface area contributed by atoms with E-state index < -0.39 is 12.2 Å². The van der Waals surface area contributed by atoms with Crippen LogP contribution in [0.3, 0.4) is 0 Å². The van der Waals surface area contributed by atoms with E-state index in [1.54, 1.807) is 18.2 Å². The van der Waals surface area contributed by atoms with Gasteiger partial charge < -0.3 is 14.9 Å². The number of benzene rings is 2. The fraction of sp³-hybridized carbons (Fsp3) is 0.435. The van der Waals surface area contributed by atoms with E-state index in [1.807, 2.05) is 19.1 Å². The van der Waals surface area contributed by atoms with Gasteiger partial charge in [-0.3, -0.25) is 9.80 Å². The summed E-state index contributed by atoms with van der Waals surface area (Å²) in [5, 5.41) is 29.1. The zero-order chi connectivity index (χ0) is 22.2. The highest BCUT2D eigenvalue weighted by Gasteiger charge is 2.27. The number of carbonyl (C=O) groups is 1. The first-order valence-corrected chi connectivity index (χ1v) is 10.8. The van der Waals surface area contributed by atoms with E-state index in [-0.39, 0.29) is 12.6 Å². The van der Waals surface area contributed by atoms with Gasteiger partial charge in [0.1, 0.15) is 17.6 Å². The number of ether oxygens (including phenoxy) is 1. The monoisotopic (exact) mass is 438 g/mol. The van der Waals surface area contributed by atoms with Gasteiger partial charge in [-0.1, -0.05) is 12.1 Å². The molecule has 1 saturated heterocycles. The SMILES string of the molecule is Cc1c([C@@H](O)CN2CCN(C[C@@H](O)c3ccc4nonc4c3)CC2)ccc2c1COC2=O. The Morgan fingerprint density at radius 3 is 2.41 bits per heavy atom. The van der Waals surface area contributed by atoms with E-state index in [1.165, 1.54) is 0 Å². The second kappa shape index (κ2) is 8.59. The number of aliphatic hydroxyl groups excluding tert-OH is 2. The Labute approximate surface area is 185 Å². The van der Waals surface area contributed by atoms with Gasteiger partial charge in [0, 0.05) is 44.8 Å². The minimum absolute atomic E-state index is 0.279. The third kappa shape index (κ3) is 4.00. The largest absolute Gasteiger partial charge is 0.457 e. The van der Waals surface area contributed by atoms with Crippen molar-refractivity contribution in [2.24, 2.45) is 0 Å². The molecule has 0 amide bonds. The summed E-state index contributed by atoms with van der Waals surface area (Å²) in [7, 11) is 0. The topological polar surface area (TPSA) is 112 Å². The van der Waals surface area contributed by atoms with Crippen LogP contribution in [-0.2, 0) is 11.3 Å². The molecule has 3 aromatic rings. The van der Waals surface area contributed by atoms with Crippen LogP contribution in [0.15, 0.2) is 35.0 Å². The molecular weight excluding hydrogens is 412 g/mol. The van der Waals surface area contributed by atoms with Gasteiger partial charge in [-0.05, 0) is 52.1 Å². The van der Waals surface area contributed by atoms with Crippen LogP contribution in [0.1, 0.15) is 44.8 Å². The first-order chi connectivity index (χ1) is 15.5. The van der Waals surface area contributed by atoms with Crippen molar-refractivity contribution in [1.82, 2.24) is 20.1 Å². The smallest absolute Gasteiger partial charge is 0.338 e. The number of nitrogens with zero attached hydrogens (tertiary/aromatic N) is 4. The van der Waals surface area contributed by atoms with Gasteiger partial charge in [0.05, 0.1) is 17.8 Å². The summed E-state index contributed by atoms with van der Waals surface area (Å²) in [5.74, 6) is -0.292. The molecule has 168 valence electrons. The standard InChI is InChI=1S/C23H26N4O5/c1-14-16(3-4-17-18(14)13-31-23(17)30)22(29)12-27-8-6-26(7-9-27)11-21(28)15-2-5-19-20(10-15)25-32-24-19/h2-5,10,21-22,28-29H,6-9,11-13H2,1H3/t21-,22+/m1/s1. The summed E-state index contributed by atoms with van der Waals surface area (Å²) in [6.07, 6.45) is -1.25.